The first-order valence-electron chi connectivity index (χ1n) is 9.99. The van der Waals surface area contributed by atoms with Crippen molar-refractivity contribution in [2.45, 2.75) is 18.0 Å². The number of hydrogen-bond donors (Lipinski definition) is 0. The van der Waals surface area contributed by atoms with Gasteiger partial charge in [-0.3, -0.25) is 4.79 Å². The Morgan fingerprint density at radius 3 is 2.29 bits per heavy atom. The molecular weight excluding hydrogens is 409 g/mol. The Bertz CT molecular complexity index is 1200. The van der Waals surface area contributed by atoms with Crippen LogP contribution in [0.5, 0.6) is 0 Å². The SMILES string of the molecule is CC(c1ccccc1)N(C)C(=O)CSc1nnc(-c2ccc(F)cc2)c2ccccc12. The number of fused-ring (bicyclic) bond motifs is 1. The molecule has 0 fully saturated rings. The minimum Gasteiger partial charge on any atom is -0.338 e. The molecule has 1 amide bonds. The molecule has 0 N–H and O–H groups in total. The third-order valence-electron chi connectivity index (χ3n) is 5.36. The summed E-state index contributed by atoms with van der Waals surface area (Å²) < 4.78 is 13.3. The normalized spacial score (nSPS) is 12.0. The molecule has 31 heavy (non-hydrogen) atoms. The standard InChI is InChI=1S/C25H22FN3OS/c1-17(18-8-4-3-5-9-18)29(2)23(30)16-31-25-22-11-7-6-10-21(22)24(27-28-25)19-12-14-20(26)15-13-19/h3-15,17H,16H2,1-2H3. The Kier molecular flexibility index (Phi) is 6.28. The lowest BCUT2D eigenvalue weighted by molar-refractivity contribution is -0.128. The molecule has 4 rings (SSSR count). The summed E-state index contributed by atoms with van der Waals surface area (Å²) in [5.41, 5.74) is 2.59. The van der Waals surface area contributed by atoms with Crippen molar-refractivity contribution < 1.29 is 9.18 Å². The van der Waals surface area contributed by atoms with Gasteiger partial charge in [-0.05, 0) is 36.8 Å². The van der Waals surface area contributed by atoms with E-state index in [9.17, 15) is 9.18 Å². The zero-order valence-corrected chi connectivity index (χ0v) is 18.1. The Morgan fingerprint density at radius 1 is 0.935 bits per heavy atom. The Balaban J connectivity index is 1.55. The highest BCUT2D eigenvalue weighted by molar-refractivity contribution is 8.00. The first-order valence-corrected chi connectivity index (χ1v) is 11.0. The zero-order chi connectivity index (χ0) is 21.8. The quantitative estimate of drug-likeness (QED) is 0.365. The molecule has 0 bridgehead atoms. The van der Waals surface area contributed by atoms with Crippen LogP contribution in [0.25, 0.3) is 22.0 Å². The van der Waals surface area contributed by atoms with Crippen molar-refractivity contribution in [3.8, 4) is 11.3 Å². The van der Waals surface area contributed by atoms with Gasteiger partial charge in [0.25, 0.3) is 0 Å². The fourth-order valence-corrected chi connectivity index (χ4v) is 4.31. The highest BCUT2D eigenvalue weighted by Gasteiger charge is 2.19. The monoisotopic (exact) mass is 431 g/mol. The number of amides is 1. The van der Waals surface area contributed by atoms with Gasteiger partial charge in [-0.2, -0.15) is 0 Å². The van der Waals surface area contributed by atoms with Gasteiger partial charge in [-0.15, -0.1) is 10.2 Å². The lowest BCUT2D eigenvalue weighted by atomic mass is 10.1. The van der Waals surface area contributed by atoms with E-state index in [4.69, 9.17) is 0 Å². The maximum atomic E-state index is 13.3. The van der Waals surface area contributed by atoms with E-state index in [0.29, 0.717) is 10.7 Å². The second-order valence-corrected chi connectivity index (χ2v) is 8.25. The zero-order valence-electron chi connectivity index (χ0n) is 17.3. The highest BCUT2D eigenvalue weighted by Crippen LogP contribution is 2.32. The predicted octanol–water partition coefficient (Wildman–Crippen LogP) is 5.75. The molecule has 0 saturated heterocycles. The van der Waals surface area contributed by atoms with Crippen molar-refractivity contribution >= 4 is 28.4 Å². The molecule has 1 unspecified atom stereocenters. The Morgan fingerprint density at radius 2 is 1.58 bits per heavy atom. The third-order valence-corrected chi connectivity index (χ3v) is 6.33. The van der Waals surface area contributed by atoms with Gasteiger partial charge < -0.3 is 4.90 Å². The lowest BCUT2D eigenvalue weighted by Gasteiger charge is -2.25. The molecule has 0 aliphatic rings. The fourth-order valence-electron chi connectivity index (χ4n) is 3.41. The lowest BCUT2D eigenvalue weighted by Crippen LogP contribution is -2.31. The van der Waals surface area contributed by atoms with Crippen LogP contribution < -0.4 is 0 Å². The van der Waals surface area contributed by atoms with Crippen LogP contribution in [0.3, 0.4) is 0 Å². The summed E-state index contributed by atoms with van der Waals surface area (Å²) in [6, 6.07) is 24.0. The van der Waals surface area contributed by atoms with Gasteiger partial charge in [-0.1, -0.05) is 66.4 Å². The van der Waals surface area contributed by atoms with E-state index in [-0.39, 0.29) is 23.5 Å². The summed E-state index contributed by atoms with van der Waals surface area (Å²) >= 11 is 1.38. The van der Waals surface area contributed by atoms with Gasteiger partial charge in [0.2, 0.25) is 5.91 Å². The maximum Gasteiger partial charge on any atom is 0.233 e. The van der Waals surface area contributed by atoms with Crippen molar-refractivity contribution in [3.05, 3.63) is 90.2 Å². The molecule has 3 aromatic carbocycles. The largest absolute Gasteiger partial charge is 0.338 e. The molecule has 4 aromatic rings. The number of carbonyl (C=O) groups excluding carboxylic acids is 1. The van der Waals surface area contributed by atoms with Crippen molar-refractivity contribution in [3.63, 3.8) is 0 Å². The first-order chi connectivity index (χ1) is 15.0. The fraction of sp³-hybridized carbons (Fsp3) is 0.160. The second-order valence-electron chi connectivity index (χ2n) is 7.29. The van der Waals surface area contributed by atoms with E-state index in [1.165, 1.54) is 23.9 Å². The maximum absolute atomic E-state index is 13.3. The number of hydrogen-bond acceptors (Lipinski definition) is 4. The summed E-state index contributed by atoms with van der Waals surface area (Å²) in [6.45, 7) is 2.02. The van der Waals surface area contributed by atoms with Crippen LogP contribution in [0.4, 0.5) is 4.39 Å². The van der Waals surface area contributed by atoms with Crippen LogP contribution in [0, 0.1) is 5.82 Å². The number of carbonyl (C=O) groups is 1. The van der Waals surface area contributed by atoms with Gasteiger partial charge in [0.1, 0.15) is 16.5 Å². The first kappa shape index (κ1) is 21.0. The molecular formula is C25H22FN3OS. The number of benzene rings is 3. The summed E-state index contributed by atoms with van der Waals surface area (Å²) in [4.78, 5) is 14.6. The molecule has 0 saturated carbocycles. The summed E-state index contributed by atoms with van der Waals surface area (Å²) in [5.74, 6) is -0.00204. The third kappa shape index (κ3) is 4.59. The van der Waals surface area contributed by atoms with Crippen molar-refractivity contribution in [2.75, 3.05) is 12.8 Å². The molecule has 1 atom stereocenters. The number of thioether (sulfide) groups is 1. The average Bonchev–Trinajstić information content (AvgIpc) is 2.82. The Labute approximate surface area is 185 Å². The second kappa shape index (κ2) is 9.27. The summed E-state index contributed by atoms with van der Waals surface area (Å²) in [7, 11) is 1.82. The molecule has 0 aliphatic heterocycles. The van der Waals surface area contributed by atoms with Crippen LogP contribution >= 0.6 is 11.8 Å². The molecule has 6 heteroatoms. The van der Waals surface area contributed by atoms with E-state index < -0.39 is 0 Å². The molecule has 1 heterocycles. The van der Waals surface area contributed by atoms with Crippen LogP contribution in [-0.2, 0) is 4.79 Å². The van der Waals surface area contributed by atoms with Crippen molar-refractivity contribution in [1.82, 2.24) is 15.1 Å². The number of halogens is 1. The molecule has 4 nitrogen and oxygen atoms in total. The van der Waals surface area contributed by atoms with Crippen LogP contribution in [-0.4, -0.2) is 33.8 Å². The van der Waals surface area contributed by atoms with E-state index in [1.54, 1.807) is 17.0 Å². The minimum absolute atomic E-state index is 0.0158. The van der Waals surface area contributed by atoms with Gasteiger partial charge in [0.15, 0.2) is 0 Å². The minimum atomic E-state index is -0.291. The van der Waals surface area contributed by atoms with E-state index in [2.05, 4.69) is 10.2 Å². The van der Waals surface area contributed by atoms with E-state index >= 15 is 0 Å². The molecule has 0 aliphatic carbocycles. The van der Waals surface area contributed by atoms with Crippen molar-refractivity contribution in [2.24, 2.45) is 0 Å². The van der Waals surface area contributed by atoms with Crippen LogP contribution in [0.15, 0.2) is 83.9 Å². The molecule has 1 aromatic heterocycles. The number of rotatable bonds is 6. The van der Waals surface area contributed by atoms with Gasteiger partial charge in [0.05, 0.1) is 11.8 Å². The van der Waals surface area contributed by atoms with Crippen LogP contribution in [0.1, 0.15) is 18.5 Å². The van der Waals surface area contributed by atoms with E-state index in [1.807, 2.05) is 68.6 Å². The number of nitrogens with zero attached hydrogens (tertiary/aromatic N) is 3. The van der Waals surface area contributed by atoms with Crippen LogP contribution in [0.2, 0.25) is 0 Å². The number of aromatic nitrogens is 2. The summed E-state index contributed by atoms with van der Waals surface area (Å²) in [5, 5.41) is 11.3. The Hall–Kier alpha value is -3.25. The smallest absolute Gasteiger partial charge is 0.233 e. The summed E-state index contributed by atoms with van der Waals surface area (Å²) in [6.07, 6.45) is 0. The van der Waals surface area contributed by atoms with E-state index in [0.717, 1.165) is 21.9 Å². The molecule has 156 valence electrons. The molecule has 0 radical (unpaired) electrons. The average molecular weight is 432 g/mol. The highest BCUT2D eigenvalue weighted by atomic mass is 32.2. The van der Waals surface area contributed by atoms with Gasteiger partial charge in [-0.25, -0.2) is 4.39 Å². The molecule has 0 spiro atoms. The predicted molar refractivity (Wildman–Crippen MR) is 123 cm³/mol. The van der Waals surface area contributed by atoms with Crippen molar-refractivity contribution in [1.29, 1.82) is 0 Å². The van der Waals surface area contributed by atoms with Gasteiger partial charge >= 0.3 is 0 Å². The van der Waals surface area contributed by atoms with Gasteiger partial charge in [0, 0.05) is 23.4 Å². The topological polar surface area (TPSA) is 46.1 Å².